The fourth-order valence-electron chi connectivity index (χ4n) is 9.37. The van der Waals surface area contributed by atoms with E-state index in [0.717, 1.165) is 44.6 Å². The summed E-state index contributed by atoms with van der Waals surface area (Å²) >= 11 is 0. The molecule has 0 fully saturated rings. The van der Waals surface area contributed by atoms with Crippen LogP contribution in [0.4, 0.5) is 0 Å². The average Bonchev–Trinajstić information content (AvgIpc) is 3.91. The lowest BCUT2D eigenvalue weighted by atomic mass is 9.65. The molecule has 0 amide bonds. The average molecular weight is 639 g/mol. The molecule has 2 aliphatic rings. The van der Waals surface area contributed by atoms with Crippen molar-refractivity contribution in [2.45, 2.75) is 10.8 Å². The molecule has 11 rings (SSSR count). The number of benzene rings is 7. The summed E-state index contributed by atoms with van der Waals surface area (Å²) in [5.41, 5.74) is 12.4. The first-order chi connectivity index (χ1) is 24.8. The summed E-state index contributed by atoms with van der Waals surface area (Å²) in [6.07, 6.45) is 0. The van der Waals surface area contributed by atoms with Crippen molar-refractivity contribution in [3.63, 3.8) is 0 Å². The highest BCUT2D eigenvalue weighted by Gasteiger charge is 2.54. The zero-order chi connectivity index (χ0) is 32.9. The van der Waals surface area contributed by atoms with Crippen molar-refractivity contribution in [3.8, 4) is 22.6 Å². The van der Waals surface area contributed by atoms with Crippen molar-refractivity contribution < 1.29 is 8.83 Å². The normalized spacial score (nSPS) is 14.7. The van der Waals surface area contributed by atoms with E-state index in [0.29, 0.717) is 0 Å². The van der Waals surface area contributed by atoms with Gasteiger partial charge in [-0.25, -0.2) is 0 Å². The van der Waals surface area contributed by atoms with E-state index >= 15 is 0 Å². The highest BCUT2D eigenvalue weighted by atomic mass is 16.3. The molecule has 0 N–H and O–H groups in total. The molecule has 2 nitrogen and oxygen atoms in total. The standard InChI is InChI=1S/C48H30O2/c1-5-17-31(18-6-1)47(32-19-7-2-8-20-32)39-29-38-40(30-37(39)45-43(47)35-25-13-15-27-41(35)49-45)48(33-21-9-3-10-22-33,34-23-11-4-12-24-34)44-36-26-14-16-28-42(36)50-46(38)44/h1-30H. The molecular formula is C48H30O2. The van der Waals surface area contributed by atoms with Crippen LogP contribution >= 0.6 is 0 Å². The third kappa shape index (κ3) is 3.33. The van der Waals surface area contributed by atoms with Crippen LogP contribution in [0.2, 0.25) is 0 Å². The van der Waals surface area contributed by atoms with Crippen LogP contribution in [0.15, 0.2) is 191 Å². The lowest BCUT2D eigenvalue weighted by molar-refractivity contribution is 0.627. The predicted molar refractivity (Wildman–Crippen MR) is 201 cm³/mol. The van der Waals surface area contributed by atoms with E-state index in [1.165, 1.54) is 44.5 Å². The van der Waals surface area contributed by atoms with Crippen molar-refractivity contribution in [2.75, 3.05) is 0 Å². The fraction of sp³-hybridized carbons (Fsp3) is 0.0417. The lowest BCUT2D eigenvalue weighted by Crippen LogP contribution is -2.30. The van der Waals surface area contributed by atoms with Gasteiger partial charge in [-0.1, -0.05) is 158 Å². The lowest BCUT2D eigenvalue weighted by Gasteiger charge is -2.35. The third-order valence-corrected chi connectivity index (χ3v) is 11.2. The zero-order valence-corrected chi connectivity index (χ0v) is 27.1. The maximum atomic E-state index is 6.98. The third-order valence-electron chi connectivity index (χ3n) is 11.2. The number of para-hydroxylation sites is 2. The molecule has 2 heterocycles. The molecule has 0 aliphatic heterocycles. The number of hydrogen-bond donors (Lipinski definition) is 0. The Morgan fingerprint density at radius 3 is 0.960 bits per heavy atom. The van der Waals surface area contributed by atoms with Crippen molar-refractivity contribution >= 4 is 21.9 Å². The van der Waals surface area contributed by atoms with Crippen LogP contribution in [0.25, 0.3) is 44.6 Å². The van der Waals surface area contributed by atoms with E-state index < -0.39 is 10.8 Å². The van der Waals surface area contributed by atoms with Gasteiger partial charge in [0.15, 0.2) is 0 Å². The smallest absolute Gasteiger partial charge is 0.140 e. The number of rotatable bonds is 4. The molecule has 0 saturated heterocycles. The fourth-order valence-corrected chi connectivity index (χ4v) is 9.37. The Morgan fingerprint density at radius 2 is 0.620 bits per heavy atom. The number of fused-ring (bicyclic) bond motifs is 10. The van der Waals surface area contributed by atoms with Crippen LogP contribution in [0.3, 0.4) is 0 Å². The minimum absolute atomic E-state index is 0.619. The molecular weight excluding hydrogens is 609 g/mol. The largest absolute Gasteiger partial charge is 0.456 e. The van der Waals surface area contributed by atoms with E-state index in [9.17, 15) is 0 Å². The summed E-state index contributed by atoms with van der Waals surface area (Å²) in [7, 11) is 0. The molecule has 50 heavy (non-hydrogen) atoms. The summed E-state index contributed by atoms with van der Waals surface area (Å²) in [6, 6.07) is 65.7. The molecule has 9 aromatic rings. The van der Waals surface area contributed by atoms with Gasteiger partial charge >= 0.3 is 0 Å². The molecule has 0 spiro atoms. The first-order valence-corrected chi connectivity index (χ1v) is 17.3. The summed E-state index contributed by atoms with van der Waals surface area (Å²) < 4.78 is 14.0. The molecule has 234 valence electrons. The quantitative estimate of drug-likeness (QED) is 0.192. The van der Waals surface area contributed by atoms with Gasteiger partial charge in [0.25, 0.3) is 0 Å². The van der Waals surface area contributed by atoms with Gasteiger partial charge in [-0.2, -0.15) is 0 Å². The van der Waals surface area contributed by atoms with Gasteiger partial charge in [0, 0.05) is 33.0 Å². The Bertz CT molecular complexity index is 2460. The van der Waals surface area contributed by atoms with Gasteiger partial charge in [0.05, 0.1) is 10.8 Å². The Balaban J connectivity index is 1.36. The Kier molecular flexibility index (Phi) is 5.55. The molecule has 0 bridgehead atoms. The van der Waals surface area contributed by atoms with Crippen molar-refractivity contribution in [3.05, 3.63) is 226 Å². The van der Waals surface area contributed by atoms with E-state index in [4.69, 9.17) is 8.83 Å². The van der Waals surface area contributed by atoms with E-state index in [1.807, 2.05) is 0 Å². The number of furan rings is 2. The van der Waals surface area contributed by atoms with Gasteiger partial charge in [-0.05, 0) is 57.6 Å². The van der Waals surface area contributed by atoms with E-state index in [1.54, 1.807) is 0 Å². The highest BCUT2D eigenvalue weighted by molar-refractivity contribution is 6.02. The molecule has 2 aromatic heterocycles. The van der Waals surface area contributed by atoms with Crippen LogP contribution in [0, 0.1) is 0 Å². The van der Waals surface area contributed by atoms with E-state index in [-0.39, 0.29) is 0 Å². The Hall–Kier alpha value is -6.38. The second kappa shape index (κ2) is 10.1. The summed E-state index contributed by atoms with van der Waals surface area (Å²) in [5, 5.41) is 2.27. The molecule has 0 atom stereocenters. The first-order valence-electron chi connectivity index (χ1n) is 17.3. The molecule has 2 aliphatic carbocycles. The molecule has 0 radical (unpaired) electrons. The van der Waals surface area contributed by atoms with E-state index in [2.05, 4.69) is 182 Å². The zero-order valence-electron chi connectivity index (χ0n) is 27.1. The Labute approximate surface area is 289 Å². The summed E-state index contributed by atoms with van der Waals surface area (Å²) in [5.74, 6) is 1.86. The van der Waals surface area contributed by atoms with Gasteiger partial charge in [0.1, 0.15) is 22.7 Å². The van der Waals surface area contributed by atoms with Crippen LogP contribution < -0.4 is 0 Å². The summed E-state index contributed by atoms with van der Waals surface area (Å²) in [4.78, 5) is 0. The maximum Gasteiger partial charge on any atom is 0.140 e. The van der Waals surface area contributed by atoms with Crippen LogP contribution in [0.5, 0.6) is 0 Å². The first kappa shape index (κ1) is 27.6. The van der Waals surface area contributed by atoms with Crippen molar-refractivity contribution in [2.24, 2.45) is 0 Å². The van der Waals surface area contributed by atoms with Gasteiger partial charge in [0.2, 0.25) is 0 Å². The molecule has 0 unspecified atom stereocenters. The SMILES string of the molecule is c1ccc(C2(c3ccccc3)c3cc4c(cc3-c3oc5ccccc5c32)C(c2ccccc2)(c2ccccc2)c2c-4oc3ccccc23)cc1. The van der Waals surface area contributed by atoms with Crippen molar-refractivity contribution in [1.82, 2.24) is 0 Å². The van der Waals surface area contributed by atoms with Gasteiger partial charge in [-0.15, -0.1) is 0 Å². The van der Waals surface area contributed by atoms with Crippen molar-refractivity contribution in [1.29, 1.82) is 0 Å². The maximum absolute atomic E-state index is 6.98. The van der Waals surface area contributed by atoms with Crippen LogP contribution in [0.1, 0.15) is 44.5 Å². The molecule has 2 heteroatoms. The van der Waals surface area contributed by atoms with Gasteiger partial charge in [-0.3, -0.25) is 0 Å². The summed E-state index contributed by atoms with van der Waals surface area (Å²) in [6.45, 7) is 0. The van der Waals surface area contributed by atoms with Gasteiger partial charge < -0.3 is 8.83 Å². The topological polar surface area (TPSA) is 26.3 Å². The highest BCUT2D eigenvalue weighted by Crippen LogP contribution is 2.65. The Morgan fingerprint density at radius 1 is 0.320 bits per heavy atom. The minimum atomic E-state index is -0.619. The second-order valence-corrected chi connectivity index (χ2v) is 13.5. The van der Waals surface area contributed by atoms with Crippen LogP contribution in [-0.4, -0.2) is 0 Å². The predicted octanol–water partition coefficient (Wildman–Crippen LogP) is 11.9. The molecule has 0 saturated carbocycles. The number of hydrogen-bond acceptors (Lipinski definition) is 2. The molecule has 7 aromatic carbocycles. The monoisotopic (exact) mass is 638 g/mol. The minimum Gasteiger partial charge on any atom is -0.456 e. The van der Waals surface area contributed by atoms with Crippen LogP contribution in [-0.2, 0) is 10.8 Å². The second-order valence-electron chi connectivity index (χ2n) is 13.5.